The van der Waals surface area contributed by atoms with Crippen molar-refractivity contribution in [1.82, 2.24) is 14.9 Å². The maximum absolute atomic E-state index is 12.3. The van der Waals surface area contributed by atoms with Gasteiger partial charge in [-0.3, -0.25) is 9.59 Å². The van der Waals surface area contributed by atoms with E-state index in [1.807, 2.05) is 24.3 Å². The number of nitrogens with one attached hydrogen (secondary N) is 1. The molecule has 1 amide bonds. The van der Waals surface area contributed by atoms with Crippen LogP contribution in [0.2, 0.25) is 0 Å². The van der Waals surface area contributed by atoms with E-state index in [0.717, 1.165) is 12.2 Å². The number of carbonyl (C=O) groups excluding carboxylic acids is 1. The van der Waals surface area contributed by atoms with E-state index in [-0.39, 0.29) is 23.3 Å². The highest BCUT2D eigenvalue weighted by Crippen LogP contribution is 2.28. The number of aryl methyl sites for hydroxylation is 1. The molecule has 3 rings (SSSR count). The molecule has 0 radical (unpaired) electrons. The third kappa shape index (κ3) is 3.97. The predicted octanol–water partition coefficient (Wildman–Crippen LogP) is 1.63. The molecule has 1 aromatic carbocycles. The molecule has 7 heteroatoms. The van der Waals surface area contributed by atoms with Gasteiger partial charge in [-0.2, -0.15) is 0 Å². The number of para-hydroxylation sites is 1. The Morgan fingerprint density at radius 2 is 2.25 bits per heavy atom. The highest BCUT2D eigenvalue weighted by atomic mass is 32.2. The molecular weight excluding hydrogens is 326 g/mol. The average Bonchev–Trinajstić information content (AvgIpc) is 2.93. The van der Waals surface area contributed by atoms with E-state index in [2.05, 4.69) is 9.97 Å². The zero-order valence-electron chi connectivity index (χ0n) is 13.6. The largest absolute Gasteiger partial charge is 0.488 e. The fourth-order valence-electron chi connectivity index (χ4n) is 2.62. The fourth-order valence-corrected chi connectivity index (χ4v) is 3.49. The molecule has 0 aliphatic carbocycles. The van der Waals surface area contributed by atoms with Gasteiger partial charge in [0.05, 0.1) is 12.3 Å². The quantitative estimate of drug-likeness (QED) is 0.658. The highest BCUT2D eigenvalue weighted by molar-refractivity contribution is 7.99. The van der Waals surface area contributed by atoms with Crippen molar-refractivity contribution < 1.29 is 9.53 Å². The molecule has 0 unspecified atom stereocenters. The first-order chi connectivity index (χ1) is 11.5. The molecule has 126 valence electrons. The van der Waals surface area contributed by atoms with E-state index in [0.29, 0.717) is 17.4 Å². The lowest BCUT2D eigenvalue weighted by Gasteiger charge is -2.20. The molecule has 0 saturated carbocycles. The van der Waals surface area contributed by atoms with Crippen LogP contribution in [-0.2, 0) is 11.2 Å². The molecule has 6 nitrogen and oxygen atoms in total. The van der Waals surface area contributed by atoms with Crippen molar-refractivity contribution in [2.24, 2.45) is 0 Å². The smallest absolute Gasteiger partial charge is 0.251 e. The van der Waals surface area contributed by atoms with Gasteiger partial charge in [-0.15, -0.1) is 0 Å². The first kappa shape index (κ1) is 16.6. The standard InChI is InChI=1S/C17H19N3O3S/c1-11-7-15(21)19-17(18-11)24-10-16(22)20(2)9-13-8-12-5-3-4-6-14(12)23-13/h3-7,13H,8-10H2,1-2H3,(H,18,19,21)/t13-/m0/s1. The predicted molar refractivity (Wildman–Crippen MR) is 92.5 cm³/mol. The molecule has 1 aliphatic rings. The second kappa shape index (κ2) is 7.09. The Morgan fingerprint density at radius 1 is 1.46 bits per heavy atom. The number of amides is 1. The van der Waals surface area contributed by atoms with Gasteiger partial charge in [-0.1, -0.05) is 30.0 Å². The van der Waals surface area contributed by atoms with Crippen LogP contribution < -0.4 is 10.3 Å². The van der Waals surface area contributed by atoms with Crippen LogP contribution in [0, 0.1) is 6.92 Å². The number of carbonyl (C=O) groups is 1. The number of benzene rings is 1. The van der Waals surface area contributed by atoms with Crippen LogP contribution >= 0.6 is 11.8 Å². The number of H-pyrrole nitrogens is 1. The normalized spacial score (nSPS) is 15.7. The van der Waals surface area contributed by atoms with E-state index in [1.165, 1.54) is 23.4 Å². The third-order valence-corrected chi connectivity index (χ3v) is 4.66. The summed E-state index contributed by atoms with van der Waals surface area (Å²) in [6, 6.07) is 9.36. The summed E-state index contributed by atoms with van der Waals surface area (Å²) < 4.78 is 5.86. The second-order valence-electron chi connectivity index (χ2n) is 5.81. The second-order valence-corrected chi connectivity index (χ2v) is 6.77. The molecule has 2 aromatic rings. The summed E-state index contributed by atoms with van der Waals surface area (Å²) in [5.74, 6) is 1.10. The minimum absolute atomic E-state index is 0.0155. The summed E-state index contributed by atoms with van der Waals surface area (Å²) >= 11 is 1.23. The number of hydrogen-bond acceptors (Lipinski definition) is 5. The van der Waals surface area contributed by atoms with Crippen molar-refractivity contribution in [1.29, 1.82) is 0 Å². The van der Waals surface area contributed by atoms with Gasteiger partial charge in [0.2, 0.25) is 5.91 Å². The fraction of sp³-hybridized carbons (Fsp3) is 0.353. The van der Waals surface area contributed by atoms with Gasteiger partial charge < -0.3 is 14.6 Å². The Hall–Kier alpha value is -2.28. The van der Waals surface area contributed by atoms with Gasteiger partial charge in [0.15, 0.2) is 5.16 Å². The van der Waals surface area contributed by atoms with E-state index in [4.69, 9.17) is 4.74 Å². The lowest BCUT2D eigenvalue weighted by Crippen LogP contribution is -2.37. The number of aromatic amines is 1. The molecule has 1 N–H and O–H groups in total. The summed E-state index contributed by atoms with van der Waals surface area (Å²) in [6.07, 6.45) is 0.798. The van der Waals surface area contributed by atoms with E-state index in [1.54, 1.807) is 18.9 Å². The Bertz CT molecular complexity index is 781. The molecular formula is C17H19N3O3S. The zero-order chi connectivity index (χ0) is 17.1. The zero-order valence-corrected chi connectivity index (χ0v) is 14.4. The maximum Gasteiger partial charge on any atom is 0.251 e. The van der Waals surface area contributed by atoms with Gasteiger partial charge in [0.1, 0.15) is 11.9 Å². The Morgan fingerprint density at radius 3 is 3.00 bits per heavy atom. The van der Waals surface area contributed by atoms with Crippen molar-refractivity contribution in [3.8, 4) is 5.75 Å². The van der Waals surface area contributed by atoms with Crippen LogP contribution in [0.15, 0.2) is 40.3 Å². The number of hydrogen-bond donors (Lipinski definition) is 1. The van der Waals surface area contributed by atoms with Gasteiger partial charge in [-0.25, -0.2) is 4.98 Å². The first-order valence-electron chi connectivity index (χ1n) is 7.70. The molecule has 24 heavy (non-hydrogen) atoms. The lowest BCUT2D eigenvalue weighted by molar-refractivity contribution is -0.128. The van der Waals surface area contributed by atoms with Gasteiger partial charge in [0, 0.05) is 25.2 Å². The van der Waals surface area contributed by atoms with E-state index in [9.17, 15) is 9.59 Å². The third-order valence-electron chi connectivity index (χ3n) is 3.80. The van der Waals surface area contributed by atoms with Crippen LogP contribution in [0.3, 0.4) is 0 Å². The van der Waals surface area contributed by atoms with Crippen LogP contribution in [0.1, 0.15) is 11.3 Å². The van der Waals surface area contributed by atoms with Crippen molar-refractivity contribution >= 4 is 17.7 Å². The minimum Gasteiger partial charge on any atom is -0.488 e. The summed E-state index contributed by atoms with van der Waals surface area (Å²) in [5, 5.41) is 0.464. The van der Waals surface area contributed by atoms with Gasteiger partial charge in [0.25, 0.3) is 5.56 Å². The minimum atomic E-state index is -0.206. The maximum atomic E-state index is 12.3. The van der Waals surface area contributed by atoms with Crippen molar-refractivity contribution in [2.75, 3.05) is 19.3 Å². The number of fused-ring (bicyclic) bond motifs is 1. The Balaban J connectivity index is 1.51. The molecule has 0 spiro atoms. The Labute approximate surface area is 144 Å². The molecule has 0 saturated heterocycles. The molecule has 0 fully saturated rings. The molecule has 0 bridgehead atoms. The number of aromatic nitrogens is 2. The number of rotatable bonds is 5. The van der Waals surface area contributed by atoms with Gasteiger partial charge >= 0.3 is 0 Å². The number of likely N-dealkylation sites (N-methyl/N-ethyl adjacent to an activating group) is 1. The van der Waals surface area contributed by atoms with Crippen LogP contribution in [0.5, 0.6) is 5.75 Å². The average molecular weight is 345 g/mol. The van der Waals surface area contributed by atoms with Crippen LogP contribution in [0.25, 0.3) is 0 Å². The van der Waals surface area contributed by atoms with Crippen molar-refractivity contribution in [2.45, 2.75) is 24.6 Å². The SMILES string of the molecule is Cc1cc(=O)[nH]c(SCC(=O)N(C)C[C@@H]2Cc3ccccc3O2)n1. The summed E-state index contributed by atoms with van der Waals surface area (Å²) in [6.45, 7) is 2.29. The number of nitrogens with zero attached hydrogens (tertiary/aromatic N) is 2. The van der Waals surface area contributed by atoms with Crippen molar-refractivity contribution in [3.63, 3.8) is 0 Å². The summed E-state index contributed by atoms with van der Waals surface area (Å²) in [7, 11) is 1.77. The molecule has 2 heterocycles. The molecule has 1 atom stereocenters. The molecule has 1 aliphatic heterocycles. The Kier molecular flexibility index (Phi) is 4.89. The molecule has 1 aromatic heterocycles. The number of thioether (sulfide) groups is 1. The lowest BCUT2D eigenvalue weighted by atomic mass is 10.1. The first-order valence-corrected chi connectivity index (χ1v) is 8.69. The highest BCUT2D eigenvalue weighted by Gasteiger charge is 2.25. The van der Waals surface area contributed by atoms with Crippen molar-refractivity contribution in [3.05, 3.63) is 51.9 Å². The number of ether oxygens (including phenoxy) is 1. The van der Waals surface area contributed by atoms with Crippen LogP contribution in [0.4, 0.5) is 0 Å². The van der Waals surface area contributed by atoms with Crippen LogP contribution in [-0.4, -0.2) is 46.2 Å². The van der Waals surface area contributed by atoms with E-state index < -0.39 is 0 Å². The van der Waals surface area contributed by atoms with Gasteiger partial charge in [-0.05, 0) is 18.6 Å². The van der Waals surface area contributed by atoms with E-state index >= 15 is 0 Å². The summed E-state index contributed by atoms with van der Waals surface area (Å²) in [5.41, 5.74) is 1.61. The topological polar surface area (TPSA) is 75.3 Å². The summed E-state index contributed by atoms with van der Waals surface area (Å²) in [4.78, 5) is 32.2. The monoisotopic (exact) mass is 345 g/mol.